The molecule has 1 saturated heterocycles. The molecule has 10 nitrogen and oxygen atoms in total. The highest BCUT2D eigenvalue weighted by atomic mass is 16.5. The van der Waals surface area contributed by atoms with Crippen molar-refractivity contribution in [3.05, 3.63) is 57.6 Å². The summed E-state index contributed by atoms with van der Waals surface area (Å²) >= 11 is 0. The van der Waals surface area contributed by atoms with Gasteiger partial charge in [0.2, 0.25) is 0 Å². The van der Waals surface area contributed by atoms with E-state index in [0.29, 0.717) is 36.0 Å². The fourth-order valence-corrected chi connectivity index (χ4v) is 3.19. The van der Waals surface area contributed by atoms with E-state index >= 15 is 0 Å². The van der Waals surface area contributed by atoms with Crippen molar-refractivity contribution in [3.63, 3.8) is 0 Å². The van der Waals surface area contributed by atoms with Crippen LogP contribution in [0.2, 0.25) is 0 Å². The molecule has 0 radical (unpaired) electrons. The van der Waals surface area contributed by atoms with E-state index in [0.717, 1.165) is 12.8 Å². The second-order valence-corrected chi connectivity index (χ2v) is 6.66. The minimum absolute atomic E-state index is 0.00654. The van der Waals surface area contributed by atoms with Crippen molar-refractivity contribution in [1.82, 2.24) is 20.6 Å². The fourth-order valence-electron chi connectivity index (χ4n) is 3.19. The van der Waals surface area contributed by atoms with E-state index in [1.54, 1.807) is 37.3 Å². The highest BCUT2D eigenvalue weighted by Gasteiger charge is 2.23. The molecule has 29 heavy (non-hydrogen) atoms. The van der Waals surface area contributed by atoms with E-state index in [1.165, 1.54) is 0 Å². The van der Waals surface area contributed by atoms with Crippen LogP contribution in [0.3, 0.4) is 0 Å². The molecule has 4 rings (SSSR count). The van der Waals surface area contributed by atoms with E-state index < -0.39 is 11.5 Å². The molecule has 1 aromatic carbocycles. The summed E-state index contributed by atoms with van der Waals surface area (Å²) < 4.78 is 16.2. The second-order valence-electron chi connectivity index (χ2n) is 6.66. The lowest BCUT2D eigenvalue weighted by atomic mass is 9.95. The van der Waals surface area contributed by atoms with Crippen LogP contribution in [-0.4, -0.2) is 39.7 Å². The number of anilines is 1. The van der Waals surface area contributed by atoms with Gasteiger partial charge < -0.3 is 19.2 Å². The second kappa shape index (κ2) is 8.23. The molecule has 0 atom stereocenters. The SMILES string of the molecule is Cc1cc(C2CCOCC2)oc(=O)c1C(=O)Nc1ccc(Oc2nn[nH]n2)cc1. The van der Waals surface area contributed by atoms with Gasteiger partial charge >= 0.3 is 11.6 Å². The summed E-state index contributed by atoms with van der Waals surface area (Å²) in [7, 11) is 0. The normalized spacial score (nSPS) is 14.5. The molecular weight excluding hydrogens is 378 g/mol. The summed E-state index contributed by atoms with van der Waals surface area (Å²) in [5, 5.41) is 15.8. The van der Waals surface area contributed by atoms with E-state index in [1.807, 2.05) is 0 Å². The summed E-state index contributed by atoms with van der Waals surface area (Å²) in [5.41, 5.74) is 0.439. The zero-order valence-corrected chi connectivity index (χ0v) is 15.7. The van der Waals surface area contributed by atoms with Crippen LogP contribution in [0.4, 0.5) is 5.69 Å². The monoisotopic (exact) mass is 397 g/mol. The summed E-state index contributed by atoms with van der Waals surface area (Å²) in [4.78, 5) is 25.1. The number of nitrogens with zero attached hydrogens (tertiary/aromatic N) is 3. The average Bonchev–Trinajstić information content (AvgIpc) is 3.23. The predicted molar refractivity (Wildman–Crippen MR) is 101 cm³/mol. The van der Waals surface area contributed by atoms with Gasteiger partial charge in [0.25, 0.3) is 5.91 Å². The van der Waals surface area contributed by atoms with Crippen LogP contribution < -0.4 is 15.7 Å². The van der Waals surface area contributed by atoms with Gasteiger partial charge in [0.05, 0.1) is 0 Å². The fraction of sp³-hybridized carbons (Fsp3) is 0.316. The molecule has 1 fully saturated rings. The number of carbonyl (C=O) groups excluding carboxylic acids is 1. The molecule has 0 aliphatic carbocycles. The van der Waals surface area contributed by atoms with Gasteiger partial charge in [0.15, 0.2) is 0 Å². The summed E-state index contributed by atoms with van der Waals surface area (Å²) in [5.74, 6) is 0.692. The number of hydrogen-bond donors (Lipinski definition) is 2. The molecule has 1 amide bonds. The molecule has 3 aromatic rings. The molecule has 10 heteroatoms. The van der Waals surface area contributed by atoms with Crippen LogP contribution in [0.15, 0.2) is 39.5 Å². The Kier molecular flexibility index (Phi) is 5.34. The van der Waals surface area contributed by atoms with E-state index in [2.05, 4.69) is 25.9 Å². The van der Waals surface area contributed by atoms with Gasteiger partial charge in [0.1, 0.15) is 17.1 Å². The van der Waals surface area contributed by atoms with Crippen molar-refractivity contribution < 1.29 is 18.7 Å². The first-order chi connectivity index (χ1) is 14.1. The van der Waals surface area contributed by atoms with Gasteiger partial charge in [-0.25, -0.2) is 4.79 Å². The quantitative estimate of drug-likeness (QED) is 0.671. The van der Waals surface area contributed by atoms with Crippen LogP contribution in [0.25, 0.3) is 0 Å². The maximum Gasteiger partial charge on any atom is 0.361 e. The summed E-state index contributed by atoms with van der Waals surface area (Å²) in [6.45, 7) is 3.01. The Morgan fingerprint density at radius 2 is 2.00 bits per heavy atom. The number of nitrogens with one attached hydrogen (secondary N) is 2. The van der Waals surface area contributed by atoms with Crippen molar-refractivity contribution in [1.29, 1.82) is 0 Å². The van der Waals surface area contributed by atoms with Gasteiger partial charge in [0, 0.05) is 24.8 Å². The summed E-state index contributed by atoms with van der Waals surface area (Å²) in [6.07, 6.45) is 1.60. The first-order valence-electron chi connectivity index (χ1n) is 9.15. The Balaban J connectivity index is 1.47. The minimum Gasteiger partial charge on any atom is -0.427 e. The van der Waals surface area contributed by atoms with Crippen molar-refractivity contribution in [3.8, 4) is 11.8 Å². The highest BCUT2D eigenvalue weighted by Crippen LogP contribution is 2.27. The Labute approximate surface area is 165 Å². The van der Waals surface area contributed by atoms with E-state index in [-0.39, 0.29) is 17.5 Å². The maximum absolute atomic E-state index is 12.6. The van der Waals surface area contributed by atoms with Crippen LogP contribution in [0.1, 0.15) is 40.4 Å². The van der Waals surface area contributed by atoms with E-state index in [4.69, 9.17) is 13.9 Å². The first-order valence-corrected chi connectivity index (χ1v) is 9.15. The Hall–Kier alpha value is -3.53. The topological polar surface area (TPSA) is 132 Å². The molecule has 2 N–H and O–H groups in total. The van der Waals surface area contributed by atoms with E-state index in [9.17, 15) is 9.59 Å². The third kappa shape index (κ3) is 4.32. The van der Waals surface area contributed by atoms with Crippen molar-refractivity contribution in [2.75, 3.05) is 18.5 Å². The minimum atomic E-state index is -0.638. The number of aryl methyl sites for hydroxylation is 1. The van der Waals surface area contributed by atoms with Crippen LogP contribution in [0, 0.1) is 6.92 Å². The van der Waals surface area contributed by atoms with Gasteiger partial charge in [-0.2, -0.15) is 5.21 Å². The van der Waals surface area contributed by atoms with Crippen molar-refractivity contribution in [2.45, 2.75) is 25.7 Å². The lowest BCUT2D eigenvalue weighted by molar-refractivity contribution is 0.0796. The zero-order chi connectivity index (χ0) is 20.2. The number of aromatic amines is 1. The lowest BCUT2D eigenvalue weighted by Gasteiger charge is -2.21. The zero-order valence-electron chi connectivity index (χ0n) is 15.7. The van der Waals surface area contributed by atoms with Crippen LogP contribution in [0.5, 0.6) is 11.8 Å². The number of amides is 1. The molecule has 0 spiro atoms. The predicted octanol–water partition coefficient (Wildman–Crippen LogP) is 2.40. The average molecular weight is 397 g/mol. The number of hydrogen-bond acceptors (Lipinski definition) is 8. The first kappa shape index (κ1) is 18.8. The lowest BCUT2D eigenvalue weighted by Crippen LogP contribution is -2.24. The molecule has 0 unspecified atom stereocenters. The number of ether oxygens (including phenoxy) is 2. The molecule has 0 saturated carbocycles. The van der Waals surface area contributed by atoms with Crippen LogP contribution >= 0.6 is 0 Å². The maximum atomic E-state index is 12.6. The molecule has 1 aliphatic rings. The largest absolute Gasteiger partial charge is 0.427 e. The number of H-pyrrole nitrogens is 1. The smallest absolute Gasteiger partial charge is 0.361 e. The highest BCUT2D eigenvalue weighted by molar-refractivity contribution is 6.04. The number of tetrazole rings is 1. The number of benzene rings is 1. The van der Waals surface area contributed by atoms with Crippen molar-refractivity contribution in [2.24, 2.45) is 0 Å². The number of carbonyl (C=O) groups is 1. The standard InChI is InChI=1S/C19H19N5O5/c1-11-10-15(12-6-8-27-9-7-12)29-18(26)16(11)17(25)20-13-2-4-14(5-3-13)28-19-21-23-24-22-19/h2-5,10,12H,6-9H2,1H3,(H,20,25)(H,21,22,23,24). The van der Waals surface area contributed by atoms with Gasteiger partial charge in [-0.05, 0) is 60.9 Å². The van der Waals surface area contributed by atoms with Gasteiger partial charge in [-0.1, -0.05) is 10.2 Å². The Bertz CT molecular complexity index is 1040. The molecule has 3 heterocycles. The third-order valence-corrected chi connectivity index (χ3v) is 4.67. The summed E-state index contributed by atoms with van der Waals surface area (Å²) in [6, 6.07) is 8.40. The van der Waals surface area contributed by atoms with Crippen molar-refractivity contribution >= 4 is 11.6 Å². The number of rotatable bonds is 5. The molecule has 2 aromatic heterocycles. The van der Waals surface area contributed by atoms with Crippen LogP contribution in [-0.2, 0) is 4.74 Å². The molecule has 0 bridgehead atoms. The molecular formula is C19H19N5O5. The Morgan fingerprint density at radius 1 is 1.24 bits per heavy atom. The number of aromatic nitrogens is 4. The Morgan fingerprint density at radius 3 is 2.66 bits per heavy atom. The van der Waals surface area contributed by atoms with Gasteiger partial charge in [-0.3, -0.25) is 4.79 Å². The molecule has 150 valence electrons. The third-order valence-electron chi connectivity index (χ3n) is 4.67. The van der Waals surface area contributed by atoms with Gasteiger partial charge in [-0.15, -0.1) is 0 Å². The molecule has 1 aliphatic heterocycles.